The fourth-order valence-corrected chi connectivity index (χ4v) is 2.50. The Morgan fingerprint density at radius 3 is 3.06 bits per heavy atom. The lowest BCUT2D eigenvalue weighted by atomic mass is 10.1. The normalized spacial score (nSPS) is 12.6. The van der Waals surface area contributed by atoms with Crippen LogP contribution in [0.3, 0.4) is 0 Å². The van der Waals surface area contributed by atoms with Crippen molar-refractivity contribution in [2.24, 2.45) is 0 Å². The van der Waals surface area contributed by atoms with Crippen LogP contribution < -0.4 is 11.1 Å². The monoisotopic (exact) mass is 263 g/mol. The van der Waals surface area contributed by atoms with E-state index in [2.05, 4.69) is 10.3 Å². The second kappa shape index (κ2) is 5.35. The zero-order valence-electron chi connectivity index (χ0n) is 10.5. The predicted octanol–water partition coefficient (Wildman–Crippen LogP) is 2.23. The number of rotatable bonds is 4. The molecular weight excluding hydrogens is 246 g/mol. The van der Waals surface area contributed by atoms with E-state index in [1.807, 2.05) is 31.4 Å². The van der Waals surface area contributed by atoms with Gasteiger partial charge in [0.15, 0.2) is 0 Å². The molecule has 0 aliphatic rings. The van der Waals surface area contributed by atoms with Crippen LogP contribution in [-0.4, -0.2) is 28.9 Å². The minimum Gasteiger partial charge on any atom is -0.399 e. The molecule has 2 rings (SSSR count). The SMILES string of the molecule is CSCC(C)NC(=O)c1c[nH]c2ccc(N)cc12. The minimum atomic E-state index is -0.0617. The number of hydrogen-bond donors (Lipinski definition) is 3. The number of aromatic nitrogens is 1. The van der Waals surface area contributed by atoms with E-state index in [1.165, 1.54) is 0 Å². The van der Waals surface area contributed by atoms with Crippen molar-refractivity contribution < 1.29 is 4.79 Å². The summed E-state index contributed by atoms with van der Waals surface area (Å²) < 4.78 is 0. The first kappa shape index (κ1) is 12.8. The third-order valence-corrected chi connectivity index (χ3v) is 3.58. The van der Waals surface area contributed by atoms with Crippen molar-refractivity contribution in [2.75, 3.05) is 17.7 Å². The zero-order valence-corrected chi connectivity index (χ0v) is 11.3. The summed E-state index contributed by atoms with van der Waals surface area (Å²) in [5.41, 5.74) is 7.98. The third kappa shape index (κ3) is 2.61. The highest BCUT2D eigenvalue weighted by Gasteiger charge is 2.14. The van der Waals surface area contributed by atoms with Crippen LogP contribution in [0.5, 0.6) is 0 Å². The maximum absolute atomic E-state index is 12.1. The molecule has 1 aromatic carbocycles. The molecule has 0 bridgehead atoms. The Morgan fingerprint density at radius 2 is 2.33 bits per heavy atom. The molecule has 1 atom stereocenters. The summed E-state index contributed by atoms with van der Waals surface area (Å²) >= 11 is 1.71. The molecule has 18 heavy (non-hydrogen) atoms. The largest absolute Gasteiger partial charge is 0.399 e. The molecule has 4 N–H and O–H groups in total. The van der Waals surface area contributed by atoms with Gasteiger partial charge in [-0.2, -0.15) is 11.8 Å². The van der Waals surface area contributed by atoms with Crippen molar-refractivity contribution >= 4 is 34.3 Å². The molecule has 0 aliphatic heterocycles. The van der Waals surface area contributed by atoms with Crippen molar-refractivity contribution in [3.63, 3.8) is 0 Å². The molecule has 1 amide bonds. The van der Waals surface area contributed by atoms with E-state index in [-0.39, 0.29) is 11.9 Å². The van der Waals surface area contributed by atoms with Gasteiger partial charge in [-0.05, 0) is 31.4 Å². The summed E-state index contributed by atoms with van der Waals surface area (Å²) in [5.74, 6) is 0.837. The van der Waals surface area contributed by atoms with Crippen LogP contribution >= 0.6 is 11.8 Å². The summed E-state index contributed by atoms with van der Waals surface area (Å²) in [4.78, 5) is 15.2. The van der Waals surface area contributed by atoms with E-state index >= 15 is 0 Å². The van der Waals surface area contributed by atoms with Gasteiger partial charge in [-0.25, -0.2) is 0 Å². The quantitative estimate of drug-likeness (QED) is 0.741. The molecular formula is C13H17N3OS. The Labute approximate surface area is 110 Å². The molecule has 1 unspecified atom stereocenters. The maximum Gasteiger partial charge on any atom is 0.253 e. The number of thioether (sulfide) groups is 1. The highest BCUT2D eigenvalue weighted by molar-refractivity contribution is 7.98. The molecule has 5 heteroatoms. The average Bonchev–Trinajstić information content (AvgIpc) is 2.71. The van der Waals surface area contributed by atoms with Gasteiger partial charge in [-0.15, -0.1) is 0 Å². The number of nitrogens with one attached hydrogen (secondary N) is 2. The number of carbonyl (C=O) groups is 1. The van der Waals surface area contributed by atoms with Crippen molar-refractivity contribution in [2.45, 2.75) is 13.0 Å². The molecule has 2 aromatic rings. The predicted molar refractivity (Wildman–Crippen MR) is 78.0 cm³/mol. The molecule has 0 saturated carbocycles. The molecule has 0 aliphatic carbocycles. The van der Waals surface area contributed by atoms with Crippen LogP contribution in [0.1, 0.15) is 17.3 Å². The number of aromatic amines is 1. The maximum atomic E-state index is 12.1. The Kier molecular flexibility index (Phi) is 3.81. The standard InChI is InChI=1S/C13H17N3OS/c1-8(7-18-2)16-13(17)11-6-15-12-4-3-9(14)5-10(11)12/h3-6,8,15H,7,14H2,1-2H3,(H,16,17). The molecule has 0 spiro atoms. The fourth-order valence-electron chi connectivity index (χ4n) is 1.92. The summed E-state index contributed by atoms with van der Waals surface area (Å²) in [6.45, 7) is 2.00. The second-order valence-corrected chi connectivity index (χ2v) is 5.25. The molecule has 1 heterocycles. The highest BCUT2D eigenvalue weighted by Crippen LogP contribution is 2.21. The van der Waals surface area contributed by atoms with Crippen LogP contribution in [0, 0.1) is 0 Å². The Balaban J connectivity index is 2.25. The van der Waals surface area contributed by atoms with E-state index in [0.29, 0.717) is 11.3 Å². The average molecular weight is 263 g/mol. The van der Waals surface area contributed by atoms with E-state index in [0.717, 1.165) is 16.7 Å². The fraction of sp³-hybridized carbons (Fsp3) is 0.308. The molecule has 0 fully saturated rings. The number of benzene rings is 1. The van der Waals surface area contributed by atoms with Crippen molar-refractivity contribution in [1.29, 1.82) is 0 Å². The Morgan fingerprint density at radius 1 is 1.56 bits per heavy atom. The minimum absolute atomic E-state index is 0.0617. The topological polar surface area (TPSA) is 70.9 Å². The van der Waals surface area contributed by atoms with Gasteiger partial charge in [0.05, 0.1) is 5.56 Å². The molecule has 4 nitrogen and oxygen atoms in total. The van der Waals surface area contributed by atoms with Gasteiger partial charge < -0.3 is 16.0 Å². The summed E-state index contributed by atoms with van der Waals surface area (Å²) in [6.07, 6.45) is 3.75. The van der Waals surface area contributed by atoms with E-state index < -0.39 is 0 Å². The van der Waals surface area contributed by atoms with E-state index in [4.69, 9.17) is 5.73 Å². The van der Waals surface area contributed by atoms with Crippen molar-refractivity contribution in [3.8, 4) is 0 Å². The number of fused-ring (bicyclic) bond motifs is 1. The summed E-state index contributed by atoms with van der Waals surface area (Å²) in [6, 6.07) is 5.67. The van der Waals surface area contributed by atoms with E-state index in [1.54, 1.807) is 18.0 Å². The van der Waals surface area contributed by atoms with Gasteiger partial charge in [0.25, 0.3) is 5.91 Å². The number of anilines is 1. The van der Waals surface area contributed by atoms with Crippen LogP contribution in [0.15, 0.2) is 24.4 Å². The number of hydrogen-bond acceptors (Lipinski definition) is 3. The van der Waals surface area contributed by atoms with Crippen molar-refractivity contribution in [1.82, 2.24) is 10.3 Å². The van der Waals surface area contributed by atoms with Crippen LogP contribution in [-0.2, 0) is 0 Å². The molecule has 0 radical (unpaired) electrons. The number of carbonyl (C=O) groups excluding carboxylic acids is 1. The van der Waals surface area contributed by atoms with E-state index in [9.17, 15) is 4.79 Å². The lowest BCUT2D eigenvalue weighted by Crippen LogP contribution is -2.34. The molecule has 0 saturated heterocycles. The smallest absolute Gasteiger partial charge is 0.253 e. The second-order valence-electron chi connectivity index (χ2n) is 4.34. The molecule has 1 aromatic heterocycles. The Bertz CT molecular complexity index is 564. The van der Waals surface area contributed by atoms with Crippen LogP contribution in [0.4, 0.5) is 5.69 Å². The van der Waals surface area contributed by atoms with Gasteiger partial charge in [0, 0.05) is 34.6 Å². The van der Waals surface area contributed by atoms with Gasteiger partial charge in [0.2, 0.25) is 0 Å². The van der Waals surface area contributed by atoms with Crippen molar-refractivity contribution in [3.05, 3.63) is 30.0 Å². The van der Waals surface area contributed by atoms with Gasteiger partial charge >= 0.3 is 0 Å². The number of amides is 1. The van der Waals surface area contributed by atoms with Gasteiger partial charge in [-0.1, -0.05) is 0 Å². The highest BCUT2D eigenvalue weighted by atomic mass is 32.2. The van der Waals surface area contributed by atoms with Gasteiger partial charge in [0.1, 0.15) is 0 Å². The summed E-state index contributed by atoms with van der Waals surface area (Å²) in [7, 11) is 0. The number of nitrogen functional groups attached to an aromatic ring is 1. The number of H-pyrrole nitrogens is 1. The Hall–Kier alpha value is -1.62. The first-order chi connectivity index (χ1) is 8.61. The van der Waals surface area contributed by atoms with Crippen LogP contribution in [0.25, 0.3) is 10.9 Å². The van der Waals surface area contributed by atoms with Crippen LogP contribution in [0.2, 0.25) is 0 Å². The summed E-state index contributed by atoms with van der Waals surface area (Å²) in [5, 5.41) is 3.84. The van der Waals surface area contributed by atoms with Gasteiger partial charge in [-0.3, -0.25) is 4.79 Å². The first-order valence-corrected chi connectivity index (χ1v) is 7.17. The molecule has 96 valence electrons. The zero-order chi connectivity index (χ0) is 13.1. The lowest BCUT2D eigenvalue weighted by Gasteiger charge is -2.11. The first-order valence-electron chi connectivity index (χ1n) is 5.78. The lowest BCUT2D eigenvalue weighted by molar-refractivity contribution is 0.0945. The number of nitrogens with two attached hydrogens (primary N) is 1. The third-order valence-electron chi connectivity index (χ3n) is 2.74.